The van der Waals surface area contributed by atoms with Crippen LogP contribution in [0.1, 0.15) is 12.0 Å². The minimum Gasteiger partial charge on any atom is -0.469 e. The average molecular weight is 296 g/mol. The zero-order valence-electron chi connectivity index (χ0n) is 11.8. The highest BCUT2D eigenvalue weighted by Gasteiger charge is 2.40. The van der Waals surface area contributed by atoms with Gasteiger partial charge in [0.05, 0.1) is 32.8 Å². The Morgan fingerprint density at radius 2 is 2.00 bits per heavy atom. The number of hydrogen-bond acceptors (Lipinski definition) is 6. The fourth-order valence-electron chi connectivity index (χ4n) is 2.21. The number of carbonyl (C=O) groups excluding carboxylic acids is 1. The summed E-state index contributed by atoms with van der Waals surface area (Å²) in [6.45, 7) is 0.438. The number of esters is 1. The van der Waals surface area contributed by atoms with Crippen molar-refractivity contribution in [2.75, 3.05) is 13.7 Å². The van der Waals surface area contributed by atoms with Crippen LogP contribution in [0, 0.1) is 0 Å². The molecule has 0 amide bonds. The van der Waals surface area contributed by atoms with Crippen molar-refractivity contribution in [2.45, 2.75) is 37.4 Å². The molecule has 1 aromatic rings. The molecule has 0 aromatic heterocycles. The van der Waals surface area contributed by atoms with Crippen LogP contribution in [-0.2, 0) is 25.6 Å². The Hall–Kier alpha value is -1.47. The molecular formula is C15H20O6. The molecule has 0 aliphatic carbocycles. The lowest BCUT2D eigenvalue weighted by Crippen LogP contribution is -2.54. The number of aliphatic hydroxyl groups is 2. The molecule has 116 valence electrons. The summed E-state index contributed by atoms with van der Waals surface area (Å²) in [6, 6.07) is 9.52. The number of methoxy groups -OCH3 is 1. The first-order valence-electron chi connectivity index (χ1n) is 6.82. The van der Waals surface area contributed by atoms with Gasteiger partial charge in [0.1, 0.15) is 18.3 Å². The summed E-state index contributed by atoms with van der Waals surface area (Å²) in [5, 5.41) is 20.1. The summed E-state index contributed by atoms with van der Waals surface area (Å²) in [6.07, 6.45) is -3.78. The Morgan fingerprint density at radius 3 is 2.67 bits per heavy atom. The van der Waals surface area contributed by atoms with Gasteiger partial charge in [0, 0.05) is 0 Å². The maximum absolute atomic E-state index is 11.2. The van der Waals surface area contributed by atoms with Crippen molar-refractivity contribution in [3.63, 3.8) is 0 Å². The molecule has 0 bridgehead atoms. The molecule has 0 saturated carbocycles. The highest BCUT2D eigenvalue weighted by atomic mass is 16.6. The monoisotopic (exact) mass is 296 g/mol. The molecule has 2 rings (SSSR count). The van der Waals surface area contributed by atoms with Crippen LogP contribution < -0.4 is 0 Å². The lowest BCUT2D eigenvalue weighted by Gasteiger charge is -2.37. The van der Waals surface area contributed by atoms with Crippen molar-refractivity contribution in [3.05, 3.63) is 35.9 Å². The Morgan fingerprint density at radius 1 is 1.29 bits per heavy atom. The molecule has 1 aliphatic rings. The molecule has 1 fully saturated rings. The van der Waals surface area contributed by atoms with E-state index in [2.05, 4.69) is 4.74 Å². The van der Waals surface area contributed by atoms with Gasteiger partial charge in [0.2, 0.25) is 0 Å². The maximum atomic E-state index is 11.2. The van der Waals surface area contributed by atoms with Gasteiger partial charge in [-0.1, -0.05) is 30.3 Å². The molecule has 2 N–H and O–H groups in total. The van der Waals surface area contributed by atoms with Crippen molar-refractivity contribution < 1.29 is 29.2 Å². The van der Waals surface area contributed by atoms with Gasteiger partial charge in [0.25, 0.3) is 0 Å². The number of rotatable bonds is 5. The molecule has 0 radical (unpaired) electrons. The number of benzene rings is 1. The number of carbonyl (C=O) groups is 1. The van der Waals surface area contributed by atoms with Gasteiger partial charge in [-0.3, -0.25) is 4.79 Å². The SMILES string of the molecule is COC(=O)C[C@@H]1OC[C@H](OCc2ccccc2)[C@@H](O)[C@H]1O. The van der Waals surface area contributed by atoms with Crippen LogP contribution in [0.15, 0.2) is 30.3 Å². The summed E-state index contributed by atoms with van der Waals surface area (Å²) in [5.41, 5.74) is 0.968. The van der Waals surface area contributed by atoms with Gasteiger partial charge >= 0.3 is 5.97 Å². The molecule has 4 atom stereocenters. The molecule has 21 heavy (non-hydrogen) atoms. The van der Waals surface area contributed by atoms with E-state index in [1.807, 2.05) is 30.3 Å². The van der Waals surface area contributed by atoms with Gasteiger partial charge in [-0.2, -0.15) is 0 Å². The summed E-state index contributed by atoms with van der Waals surface area (Å²) >= 11 is 0. The minimum absolute atomic E-state index is 0.0971. The highest BCUT2D eigenvalue weighted by molar-refractivity contribution is 5.69. The van der Waals surface area contributed by atoms with Crippen molar-refractivity contribution >= 4 is 5.97 Å². The van der Waals surface area contributed by atoms with Gasteiger partial charge in [0.15, 0.2) is 0 Å². The van der Waals surface area contributed by atoms with Gasteiger partial charge in [-0.05, 0) is 5.56 Å². The van der Waals surface area contributed by atoms with E-state index in [9.17, 15) is 15.0 Å². The van der Waals surface area contributed by atoms with Gasteiger partial charge in [-0.15, -0.1) is 0 Å². The first-order valence-corrected chi connectivity index (χ1v) is 6.82. The summed E-state index contributed by atoms with van der Waals surface area (Å²) in [7, 11) is 1.26. The molecule has 6 nitrogen and oxygen atoms in total. The summed E-state index contributed by atoms with van der Waals surface area (Å²) < 4.78 is 15.5. The average Bonchev–Trinajstić information content (AvgIpc) is 2.52. The second-order valence-corrected chi connectivity index (χ2v) is 4.97. The third-order valence-corrected chi connectivity index (χ3v) is 3.49. The standard InChI is InChI=1S/C15H20O6/c1-19-13(16)7-11-14(17)15(18)12(9-21-11)20-8-10-5-3-2-4-6-10/h2-6,11-12,14-15,17-18H,7-9H2,1H3/t11-,12-,14-,15+/m0/s1. The van der Waals surface area contributed by atoms with E-state index >= 15 is 0 Å². The fraction of sp³-hybridized carbons (Fsp3) is 0.533. The molecule has 0 unspecified atom stereocenters. The van der Waals surface area contributed by atoms with Gasteiger partial charge in [-0.25, -0.2) is 0 Å². The topological polar surface area (TPSA) is 85.2 Å². The maximum Gasteiger partial charge on any atom is 0.308 e. The van der Waals surface area contributed by atoms with E-state index in [0.29, 0.717) is 6.61 Å². The molecule has 1 aromatic carbocycles. The second-order valence-electron chi connectivity index (χ2n) is 4.97. The third kappa shape index (κ3) is 4.25. The largest absolute Gasteiger partial charge is 0.469 e. The predicted octanol–water partition coefficient (Wildman–Crippen LogP) is 0.255. The molecule has 0 spiro atoms. The normalized spacial score (nSPS) is 29.1. The minimum atomic E-state index is -1.18. The Labute approximate surface area is 123 Å². The second kappa shape index (κ2) is 7.51. The number of aliphatic hydroxyl groups excluding tert-OH is 2. The van der Waals surface area contributed by atoms with E-state index in [4.69, 9.17) is 9.47 Å². The molecule has 1 saturated heterocycles. The lowest BCUT2D eigenvalue weighted by atomic mass is 9.98. The van der Waals surface area contributed by atoms with Gasteiger partial charge < -0.3 is 24.4 Å². The Kier molecular flexibility index (Phi) is 5.69. The van der Waals surface area contributed by atoms with Crippen LogP contribution in [0.3, 0.4) is 0 Å². The smallest absolute Gasteiger partial charge is 0.308 e. The van der Waals surface area contributed by atoms with Crippen molar-refractivity contribution in [2.24, 2.45) is 0 Å². The Balaban J connectivity index is 1.86. The van der Waals surface area contributed by atoms with Crippen molar-refractivity contribution in [3.8, 4) is 0 Å². The summed E-state index contributed by atoms with van der Waals surface area (Å²) in [5.74, 6) is -0.491. The quantitative estimate of drug-likeness (QED) is 0.758. The van der Waals surface area contributed by atoms with E-state index in [1.54, 1.807) is 0 Å². The van der Waals surface area contributed by atoms with Crippen LogP contribution in [0.5, 0.6) is 0 Å². The van der Waals surface area contributed by atoms with E-state index < -0.39 is 30.4 Å². The zero-order chi connectivity index (χ0) is 15.2. The van der Waals surface area contributed by atoms with Crippen LogP contribution in [-0.4, -0.2) is 54.3 Å². The van der Waals surface area contributed by atoms with Crippen molar-refractivity contribution in [1.29, 1.82) is 0 Å². The molecule has 1 heterocycles. The Bertz CT molecular complexity index is 449. The number of ether oxygens (including phenoxy) is 3. The molecule has 1 aliphatic heterocycles. The summed E-state index contributed by atoms with van der Waals surface area (Å²) in [4.78, 5) is 11.2. The van der Waals surface area contributed by atoms with Crippen LogP contribution in [0.25, 0.3) is 0 Å². The van der Waals surface area contributed by atoms with Crippen LogP contribution in [0.4, 0.5) is 0 Å². The van der Waals surface area contributed by atoms with Crippen LogP contribution >= 0.6 is 0 Å². The van der Waals surface area contributed by atoms with E-state index in [1.165, 1.54) is 7.11 Å². The molecular weight excluding hydrogens is 276 g/mol. The third-order valence-electron chi connectivity index (χ3n) is 3.49. The lowest BCUT2D eigenvalue weighted by molar-refractivity contribution is -0.208. The first kappa shape index (κ1) is 15.9. The van der Waals surface area contributed by atoms with Crippen molar-refractivity contribution in [1.82, 2.24) is 0 Å². The van der Waals surface area contributed by atoms with E-state index in [0.717, 1.165) is 5.56 Å². The van der Waals surface area contributed by atoms with E-state index in [-0.39, 0.29) is 13.0 Å². The first-order chi connectivity index (χ1) is 10.1. The zero-order valence-corrected chi connectivity index (χ0v) is 11.8. The van der Waals surface area contributed by atoms with Crippen LogP contribution in [0.2, 0.25) is 0 Å². The predicted molar refractivity (Wildman–Crippen MR) is 73.4 cm³/mol. The fourth-order valence-corrected chi connectivity index (χ4v) is 2.21. The molecule has 6 heteroatoms. The number of hydrogen-bond donors (Lipinski definition) is 2. The highest BCUT2D eigenvalue weighted by Crippen LogP contribution is 2.21.